The highest BCUT2D eigenvalue weighted by Crippen LogP contribution is 2.38. The second kappa shape index (κ2) is 5.67. The Hall–Kier alpha value is -2.67. The van der Waals surface area contributed by atoms with Gasteiger partial charge in [0, 0.05) is 30.2 Å². The van der Waals surface area contributed by atoms with Gasteiger partial charge in [0.2, 0.25) is 0 Å². The Kier molecular flexibility index (Phi) is 3.40. The SMILES string of the molecule is Fc1cc(F)c(-c2nc3n(c2-c2ccc4ncsc4c2)CCC3)cc1F. The lowest BCUT2D eigenvalue weighted by molar-refractivity contribution is 0.496. The molecule has 0 atom stereocenters. The molecule has 0 bridgehead atoms. The van der Waals surface area contributed by atoms with Crippen LogP contribution in [0.25, 0.3) is 32.7 Å². The highest BCUT2D eigenvalue weighted by molar-refractivity contribution is 7.16. The molecular weight excluding hydrogens is 359 g/mol. The summed E-state index contributed by atoms with van der Waals surface area (Å²) in [4.78, 5) is 8.83. The van der Waals surface area contributed by atoms with Gasteiger partial charge in [0.15, 0.2) is 11.6 Å². The largest absolute Gasteiger partial charge is 0.327 e. The van der Waals surface area contributed by atoms with Crippen LogP contribution >= 0.6 is 11.3 Å². The van der Waals surface area contributed by atoms with Crippen molar-refractivity contribution in [2.75, 3.05) is 0 Å². The number of aromatic nitrogens is 3. The predicted molar refractivity (Wildman–Crippen MR) is 94.5 cm³/mol. The molecule has 0 fully saturated rings. The van der Waals surface area contributed by atoms with Gasteiger partial charge in [0.1, 0.15) is 11.6 Å². The molecule has 0 saturated heterocycles. The van der Waals surface area contributed by atoms with Crippen LogP contribution in [0.5, 0.6) is 0 Å². The molecule has 7 heteroatoms. The lowest BCUT2D eigenvalue weighted by atomic mass is 10.0. The molecule has 26 heavy (non-hydrogen) atoms. The molecule has 0 aliphatic carbocycles. The van der Waals surface area contributed by atoms with E-state index in [9.17, 15) is 13.2 Å². The number of fused-ring (bicyclic) bond motifs is 2. The van der Waals surface area contributed by atoms with Crippen molar-refractivity contribution >= 4 is 21.6 Å². The van der Waals surface area contributed by atoms with E-state index in [1.54, 1.807) is 5.51 Å². The first kappa shape index (κ1) is 15.6. The van der Waals surface area contributed by atoms with Gasteiger partial charge in [-0.1, -0.05) is 6.07 Å². The van der Waals surface area contributed by atoms with Gasteiger partial charge in [-0.05, 0) is 24.6 Å². The lowest BCUT2D eigenvalue weighted by Crippen LogP contribution is -1.98. The summed E-state index contributed by atoms with van der Waals surface area (Å²) in [7, 11) is 0. The fraction of sp³-hybridized carbons (Fsp3) is 0.158. The van der Waals surface area contributed by atoms with E-state index in [-0.39, 0.29) is 5.56 Å². The molecule has 0 unspecified atom stereocenters. The van der Waals surface area contributed by atoms with Gasteiger partial charge in [0.25, 0.3) is 0 Å². The van der Waals surface area contributed by atoms with Crippen LogP contribution in [0.3, 0.4) is 0 Å². The molecular formula is C19H12F3N3S. The number of aryl methyl sites for hydroxylation is 1. The van der Waals surface area contributed by atoms with Gasteiger partial charge in [-0.2, -0.15) is 0 Å². The number of hydrogen-bond acceptors (Lipinski definition) is 3. The highest BCUT2D eigenvalue weighted by Gasteiger charge is 2.26. The Balaban J connectivity index is 1.78. The first-order valence-electron chi connectivity index (χ1n) is 8.20. The minimum Gasteiger partial charge on any atom is -0.327 e. The van der Waals surface area contributed by atoms with Gasteiger partial charge in [-0.3, -0.25) is 0 Å². The topological polar surface area (TPSA) is 30.7 Å². The second-order valence-electron chi connectivity index (χ2n) is 6.26. The Morgan fingerprint density at radius 2 is 1.85 bits per heavy atom. The number of rotatable bonds is 2. The van der Waals surface area contributed by atoms with Crippen LogP contribution in [-0.4, -0.2) is 14.5 Å². The number of nitrogens with zero attached hydrogens (tertiary/aromatic N) is 3. The van der Waals surface area contributed by atoms with Gasteiger partial charge < -0.3 is 4.57 Å². The maximum Gasteiger partial charge on any atom is 0.161 e. The average Bonchev–Trinajstić information content (AvgIpc) is 3.32. The molecule has 130 valence electrons. The normalized spacial score (nSPS) is 13.5. The highest BCUT2D eigenvalue weighted by atomic mass is 32.1. The van der Waals surface area contributed by atoms with Crippen LogP contribution in [0.2, 0.25) is 0 Å². The van der Waals surface area contributed by atoms with E-state index in [4.69, 9.17) is 0 Å². The fourth-order valence-electron chi connectivity index (χ4n) is 3.51. The lowest BCUT2D eigenvalue weighted by Gasteiger charge is -2.10. The molecule has 3 nitrogen and oxygen atoms in total. The van der Waals surface area contributed by atoms with E-state index in [2.05, 4.69) is 9.97 Å². The summed E-state index contributed by atoms with van der Waals surface area (Å²) in [6.07, 6.45) is 1.74. The number of thiazole rings is 1. The van der Waals surface area contributed by atoms with Crippen molar-refractivity contribution in [1.29, 1.82) is 0 Å². The van der Waals surface area contributed by atoms with Gasteiger partial charge in [0.05, 0.1) is 27.1 Å². The third-order valence-electron chi connectivity index (χ3n) is 4.70. The first-order chi connectivity index (χ1) is 12.6. The molecule has 0 amide bonds. The smallest absolute Gasteiger partial charge is 0.161 e. The van der Waals surface area contributed by atoms with Crippen LogP contribution in [-0.2, 0) is 13.0 Å². The summed E-state index contributed by atoms with van der Waals surface area (Å²) in [5.41, 5.74) is 4.58. The minimum absolute atomic E-state index is 0.0230. The van der Waals surface area contributed by atoms with Crippen molar-refractivity contribution in [2.24, 2.45) is 0 Å². The zero-order valence-corrected chi connectivity index (χ0v) is 14.3. The van der Waals surface area contributed by atoms with E-state index < -0.39 is 17.5 Å². The maximum atomic E-state index is 14.4. The second-order valence-corrected chi connectivity index (χ2v) is 7.15. The molecule has 1 aliphatic rings. The van der Waals surface area contributed by atoms with E-state index in [0.717, 1.165) is 52.8 Å². The third kappa shape index (κ3) is 2.27. The molecule has 2 aromatic carbocycles. The first-order valence-corrected chi connectivity index (χ1v) is 9.08. The van der Waals surface area contributed by atoms with E-state index in [1.807, 2.05) is 22.8 Å². The number of halogens is 3. The standard InChI is InChI=1S/C19H12F3N3S/c20-12-8-14(22)13(21)7-11(12)18-19(25-5-1-2-17(25)24-18)10-3-4-15-16(6-10)26-9-23-15/h3-4,6-9H,1-2,5H2. The maximum absolute atomic E-state index is 14.4. The number of hydrogen-bond donors (Lipinski definition) is 0. The average molecular weight is 371 g/mol. The van der Waals surface area contributed by atoms with Crippen molar-refractivity contribution in [2.45, 2.75) is 19.4 Å². The zero-order valence-electron chi connectivity index (χ0n) is 13.5. The summed E-state index contributed by atoms with van der Waals surface area (Å²) in [5.74, 6) is -2.27. The molecule has 0 N–H and O–H groups in total. The Morgan fingerprint density at radius 3 is 2.73 bits per heavy atom. The third-order valence-corrected chi connectivity index (χ3v) is 5.49. The number of benzene rings is 2. The zero-order chi connectivity index (χ0) is 17.8. The van der Waals surface area contributed by atoms with Crippen LogP contribution in [0.4, 0.5) is 13.2 Å². The summed E-state index contributed by atoms with van der Waals surface area (Å²) < 4.78 is 44.6. The Bertz CT molecular complexity index is 1160. The van der Waals surface area contributed by atoms with Gasteiger partial charge >= 0.3 is 0 Å². The van der Waals surface area contributed by atoms with Crippen LogP contribution in [0.1, 0.15) is 12.2 Å². The molecule has 5 rings (SSSR count). The van der Waals surface area contributed by atoms with E-state index in [0.29, 0.717) is 11.8 Å². The quantitative estimate of drug-likeness (QED) is 0.454. The molecule has 0 saturated carbocycles. The molecule has 0 spiro atoms. The van der Waals surface area contributed by atoms with Gasteiger partial charge in [-0.15, -0.1) is 11.3 Å². The molecule has 4 aromatic rings. The van der Waals surface area contributed by atoms with Crippen molar-refractivity contribution in [1.82, 2.24) is 14.5 Å². The number of imidazole rings is 1. The van der Waals surface area contributed by atoms with E-state index >= 15 is 0 Å². The molecule has 3 heterocycles. The van der Waals surface area contributed by atoms with Crippen molar-refractivity contribution in [3.05, 3.63) is 59.1 Å². The van der Waals surface area contributed by atoms with Crippen molar-refractivity contribution in [3.8, 4) is 22.5 Å². The van der Waals surface area contributed by atoms with Crippen LogP contribution < -0.4 is 0 Å². The van der Waals surface area contributed by atoms with E-state index in [1.165, 1.54) is 11.3 Å². The molecule has 0 radical (unpaired) electrons. The summed E-state index contributed by atoms with van der Waals surface area (Å²) >= 11 is 1.52. The minimum atomic E-state index is -1.20. The fourth-order valence-corrected chi connectivity index (χ4v) is 4.23. The van der Waals surface area contributed by atoms with Crippen LogP contribution in [0.15, 0.2) is 35.8 Å². The summed E-state index contributed by atoms with van der Waals surface area (Å²) in [5, 5.41) is 0. The predicted octanol–water partition coefficient (Wildman–Crippen LogP) is 5.19. The van der Waals surface area contributed by atoms with Crippen LogP contribution in [0, 0.1) is 17.5 Å². The van der Waals surface area contributed by atoms with Crippen molar-refractivity contribution in [3.63, 3.8) is 0 Å². The monoisotopic (exact) mass is 371 g/mol. The summed E-state index contributed by atoms with van der Waals surface area (Å²) in [6.45, 7) is 0.768. The van der Waals surface area contributed by atoms with Gasteiger partial charge in [-0.25, -0.2) is 23.1 Å². The Morgan fingerprint density at radius 1 is 1.00 bits per heavy atom. The van der Waals surface area contributed by atoms with Crippen molar-refractivity contribution < 1.29 is 13.2 Å². The Labute approximate surface area is 150 Å². The molecule has 2 aromatic heterocycles. The molecule has 1 aliphatic heterocycles. The summed E-state index contributed by atoms with van der Waals surface area (Å²) in [6, 6.07) is 7.26.